The number of aliphatic hydroxyl groups is 1. The van der Waals surface area contributed by atoms with Crippen LogP contribution in [0.15, 0.2) is 59.9 Å². The SMILES string of the molecule is CCn1c(C)nc2c1CCC(C)C1C(O)=C(C(=O)OCc3ccccc3)C(=O)N(Cc3ccc(OC)cc3OC)C21. The monoisotopic (exact) mass is 559 g/mol. The van der Waals surface area contributed by atoms with Crippen LogP contribution in [0.5, 0.6) is 11.5 Å². The quantitative estimate of drug-likeness (QED) is 0.304. The highest BCUT2D eigenvalue weighted by molar-refractivity contribution is 6.17. The number of esters is 1. The Morgan fingerprint density at radius 1 is 1.12 bits per heavy atom. The normalized spacial score (nSPS) is 20.3. The summed E-state index contributed by atoms with van der Waals surface area (Å²) in [6, 6.07) is 14.1. The Balaban J connectivity index is 1.62. The van der Waals surface area contributed by atoms with Gasteiger partial charge in [-0.3, -0.25) is 4.79 Å². The second-order valence-electron chi connectivity index (χ2n) is 10.7. The van der Waals surface area contributed by atoms with Crippen LogP contribution in [0.4, 0.5) is 0 Å². The minimum atomic E-state index is -0.839. The molecule has 3 unspecified atom stereocenters. The van der Waals surface area contributed by atoms with Gasteiger partial charge in [0.05, 0.1) is 32.5 Å². The van der Waals surface area contributed by atoms with Gasteiger partial charge in [0.1, 0.15) is 29.7 Å². The molecule has 1 N–H and O–H groups in total. The lowest BCUT2D eigenvalue weighted by atomic mass is 9.78. The van der Waals surface area contributed by atoms with Crippen molar-refractivity contribution < 1.29 is 28.9 Å². The number of aryl methyl sites for hydroxylation is 1. The molecule has 2 aliphatic rings. The molecule has 2 heterocycles. The number of carbonyl (C=O) groups is 2. The second kappa shape index (κ2) is 11.7. The predicted molar refractivity (Wildman–Crippen MR) is 152 cm³/mol. The third-order valence-corrected chi connectivity index (χ3v) is 8.31. The Labute approximate surface area is 240 Å². The highest BCUT2D eigenvalue weighted by atomic mass is 16.5. The van der Waals surface area contributed by atoms with Crippen molar-refractivity contribution in [1.82, 2.24) is 14.5 Å². The minimum absolute atomic E-state index is 0.00999. The summed E-state index contributed by atoms with van der Waals surface area (Å²) in [5.41, 5.74) is 3.03. The molecule has 9 heteroatoms. The van der Waals surface area contributed by atoms with Crippen LogP contribution in [-0.4, -0.2) is 45.7 Å². The largest absolute Gasteiger partial charge is 0.511 e. The fourth-order valence-electron chi connectivity index (χ4n) is 6.21. The van der Waals surface area contributed by atoms with E-state index in [2.05, 4.69) is 18.4 Å². The van der Waals surface area contributed by atoms with Gasteiger partial charge in [0.15, 0.2) is 5.57 Å². The van der Waals surface area contributed by atoms with Gasteiger partial charge in [-0.05, 0) is 50.3 Å². The van der Waals surface area contributed by atoms with E-state index in [9.17, 15) is 14.7 Å². The van der Waals surface area contributed by atoms with E-state index in [1.165, 1.54) is 0 Å². The first-order valence-electron chi connectivity index (χ1n) is 14.0. The molecule has 5 rings (SSSR count). The molecule has 41 heavy (non-hydrogen) atoms. The molecule has 1 amide bonds. The fourth-order valence-corrected chi connectivity index (χ4v) is 6.21. The summed E-state index contributed by atoms with van der Waals surface area (Å²) in [7, 11) is 3.14. The number of imidazole rings is 1. The molecular weight excluding hydrogens is 522 g/mol. The van der Waals surface area contributed by atoms with Crippen molar-refractivity contribution in [2.45, 2.75) is 59.4 Å². The molecule has 1 aliphatic heterocycles. The molecule has 9 nitrogen and oxygen atoms in total. The summed E-state index contributed by atoms with van der Waals surface area (Å²) in [5, 5.41) is 11.7. The number of carbonyl (C=O) groups excluding carboxylic acids is 2. The highest BCUT2D eigenvalue weighted by Crippen LogP contribution is 2.48. The van der Waals surface area contributed by atoms with Gasteiger partial charge in [-0.15, -0.1) is 0 Å². The van der Waals surface area contributed by atoms with Crippen molar-refractivity contribution in [2.75, 3.05) is 14.2 Å². The van der Waals surface area contributed by atoms with Gasteiger partial charge in [0, 0.05) is 29.8 Å². The number of aromatic nitrogens is 2. The molecule has 216 valence electrons. The van der Waals surface area contributed by atoms with Crippen molar-refractivity contribution in [3.05, 3.63) is 88.2 Å². The Hall–Kier alpha value is -4.27. The molecule has 1 aliphatic carbocycles. The minimum Gasteiger partial charge on any atom is -0.511 e. The number of ether oxygens (including phenoxy) is 3. The first-order chi connectivity index (χ1) is 19.8. The van der Waals surface area contributed by atoms with E-state index < -0.39 is 23.8 Å². The summed E-state index contributed by atoms with van der Waals surface area (Å²) >= 11 is 0. The Morgan fingerprint density at radius 3 is 2.56 bits per heavy atom. The van der Waals surface area contributed by atoms with Crippen molar-refractivity contribution in [2.24, 2.45) is 11.8 Å². The number of methoxy groups -OCH3 is 2. The fraction of sp³-hybridized carbons (Fsp3) is 0.406. The van der Waals surface area contributed by atoms with Gasteiger partial charge in [-0.1, -0.05) is 37.3 Å². The third-order valence-electron chi connectivity index (χ3n) is 8.31. The maximum absolute atomic E-state index is 14.3. The van der Waals surface area contributed by atoms with Crippen molar-refractivity contribution >= 4 is 11.9 Å². The molecule has 3 aromatic rings. The van der Waals surface area contributed by atoms with E-state index in [0.29, 0.717) is 11.5 Å². The summed E-state index contributed by atoms with van der Waals surface area (Å²) in [4.78, 5) is 34.3. The number of aliphatic hydroxyl groups excluding tert-OH is 1. The van der Waals surface area contributed by atoms with E-state index in [1.807, 2.05) is 49.4 Å². The first kappa shape index (κ1) is 28.3. The van der Waals surface area contributed by atoms with E-state index in [4.69, 9.17) is 19.2 Å². The lowest BCUT2D eigenvalue weighted by Gasteiger charge is -2.42. The standard InChI is InChI=1S/C32H37N3O6/c1-6-34-20(3)33-28-24(34)15-12-19(2)26-29(28)35(17-22-13-14-23(39-4)16-25(22)40-5)31(37)27(30(26)36)32(38)41-18-21-10-8-7-9-11-21/h7-11,13-14,16,19,26,29,36H,6,12,15,17-18H2,1-5H3. The van der Waals surface area contributed by atoms with Gasteiger partial charge < -0.3 is 28.8 Å². The Bertz CT molecular complexity index is 1480. The third kappa shape index (κ3) is 5.16. The molecule has 1 aromatic heterocycles. The van der Waals surface area contributed by atoms with Gasteiger partial charge in [0.2, 0.25) is 0 Å². The Kier molecular flexibility index (Phi) is 8.06. The summed E-state index contributed by atoms with van der Waals surface area (Å²) in [5.74, 6) is -0.187. The molecular formula is C32H37N3O6. The second-order valence-corrected chi connectivity index (χ2v) is 10.7. The van der Waals surface area contributed by atoms with Gasteiger partial charge in [0.25, 0.3) is 5.91 Å². The molecule has 0 bridgehead atoms. The molecule has 2 aromatic carbocycles. The maximum Gasteiger partial charge on any atom is 0.347 e. The highest BCUT2D eigenvalue weighted by Gasteiger charge is 2.50. The van der Waals surface area contributed by atoms with Gasteiger partial charge in [-0.25, -0.2) is 9.78 Å². The van der Waals surface area contributed by atoms with E-state index in [0.717, 1.165) is 47.7 Å². The molecule has 0 radical (unpaired) electrons. The number of rotatable bonds is 8. The topological polar surface area (TPSA) is 103 Å². The average Bonchev–Trinajstić information content (AvgIpc) is 3.23. The molecule has 0 saturated carbocycles. The van der Waals surface area contributed by atoms with Gasteiger partial charge >= 0.3 is 5.97 Å². The average molecular weight is 560 g/mol. The summed E-state index contributed by atoms with van der Waals surface area (Å²) < 4.78 is 18.8. The van der Waals surface area contributed by atoms with Crippen LogP contribution in [0.1, 0.15) is 54.6 Å². The zero-order chi connectivity index (χ0) is 29.3. The molecule has 0 spiro atoms. The molecule has 0 fully saturated rings. The van der Waals surface area contributed by atoms with E-state index in [1.54, 1.807) is 25.2 Å². The number of benzene rings is 2. The molecule has 3 atom stereocenters. The van der Waals surface area contributed by atoms with Crippen LogP contribution in [-0.2, 0) is 40.4 Å². The molecule has 0 saturated heterocycles. The van der Waals surface area contributed by atoms with Crippen LogP contribution in [0.3, 0.4) is 0 Å². The van der Waals surface area contributed by atoms with Crippen molar-refractivity contribution in [1.29, 1.82) is 0 Å². The van der Waals surface area contributed by atoms with Crippen LogP contribution >= 0.6 is 0 Å². The smallest absolute Gasteiger partial charge is 0.347 e. The van der Waals surface area contributed by atoms with Crippen LogP contribution < -0.4 is 9.47 Å². The van der Waals surface area contributed by atoms with Crippen molar-refractivity contribution in [3.8, 4) is 11.5 Å². The maximum atomic E-state index is 14.3. The van der Waals surface area contributed by atoms with Crippen molar-refractivity contribution in [3.63, 3.8) is 0 Å². The number of nitrogens with zero attached hydrogens (tertiary/aromatic N) is 3. The lowest BCUT2D eigenvalue weighted by Crippen LogP contribution is -2.47. The van der Waals surface area contributed by atoms with E-state index >= 15 is 0 Å². The number of hydrogen-bond acceptors (Lipinski definition) is 7. The number of hydrogen-bond donors (Lipinski definition) is 1. The lowest BCUT2D eigenvalue weighted by molar-refractivity contribution is -0.147. The predicted octanol–water partition coefficient (Wildman–Crippen LogP) is 5.07. The number of amides is 1. The summed E-state index contributed by atoms with van der Waals surface area (Å²) in [6.07, 6.45) is 1.52. The summed E-state index contributed by atoms with van der Waals surface area (Å²) in [6.45, 7) is 6.96. The van der Waals surface area contributed by atoms with Crippen LogP contribution in [0.2, 0.25) is 0 Å². The van der Waals surface area contributed by atoms with Crippen LogP contribution in [0, 0.1) is 18.8 Å². The zero-order valence-electron chi connectivity index (χ0n) is 24.2. The first-order valence-corrected chi connectivity index (χ1v) is 14.0. The Morgan fingerprint density at radius 2 is 1.88 bits per heavy atom. The number of fused-ring (bicyclic) bond motifs is 3. The van der Waals surface area contributed by atoms with Crippen LogP contribution in [0.25, 0.3) is 0 Å². The zero-order valence-corrected chi connectivity index (χ0v) is 24.2. The van der Waals surface area contributed by atoms with E-state index in [-0.39, 0.29) is 30.4 Å². The van der Waals surface area contributed by atoms with Gasteiger partial charge in [-0.2, -0.15) is 0 Å².